The molecule has 1 aromatic heterocycles. The average molecular weight is 332 g/mol. The first-order valence-corrected chi connectivity index (χ1v) is 8.03. The number of hydrogen-bond acceptors (Lipinski definition) is 6. The van der Waals surface area contributed by atoms with E-state index in [0.29, 0.717) is 24.3 Å². The highest BCUT2D eigenvalue weighted by Gasteiger charge is 2.23. The molecule has 1 aliphatic heterocycles. The fourth-order valence-corrected chi connectivity index (χ4v) is 2.92. The van der Waals surface area contributed by atoms with Gasteiger partial charge in [0.1, 0.15) is 0 Å². The SMILES string of the molecule is O=C(Nc1cccc(C(=O)N2CCC[C@H](O)C2)c1)c1cnsn1. The summed E-state index contributed by atoms with van der Waals surface area (Å²) >= 11 is 0.960. The van der Waals surface area contributed by atoms with Crippen LogP contribution >= 0.6 is 11.7 Å². The van der Waals surface area contributed by atoms with Gasteiger partial charge in [-0.25, -0.2) is 0 Å². The lowest BCUT2D eigenvalue weighted by atomic mass is 10.1. The minimum Gasteiger partial charge on any atom is -0.391 e. The van der Waals surface area contributed by atoms with E-state index >= 15 is 0 Å². The maximum atomic E-state index is 12.5. The number of nitrogens with one attached hydrogen (secondary N) is 1. The molecule has 2 N–H and O–H groups in total. The van der Waals surface area contributed by atoms with Crippen LogP contribution in [0.2, 0.25) is 0 Å². The Morgan fingerprint density at radius 2 is 2.26 bits per heavy atom. The molecule has 3 rings (SSSR count). The van der Waals surface area contributed by atoms with E-state index in [-0.39, 0.29) is 17.5 Å². The van der Waals surface area contributed by atoms with Gasteiger partial charge in [-0.1, -0.05) is 6.07 Å². The highest BCUT2D eigenvalue weighted by atomic mass is 32.1. The Morgan fingerprint density at radius 1 is 1.39 bits per heavy atom. The van der Waals surface area contributed by atoms with Crippen LogP contribution in [-0.4, -0.2) is 49.8 Å². The number of likely N-dealkylation sites (tertiary alicyclic amines) is 1. The third-order valence-electron chi connectivity index (χ3n) is 3.65. The second-order valence-electron chi connectivity index (χ2n) is 5.37. The van der Waals surface area contributed by atoms with E-state index in [9.17, 15) is 14.7 Å². The number of anilines is 1. The van der Waals surface area contributed by atoms with E-state index < -0.39 is 6.10 Å². The minimum absolute atomic E-state index is 0.143. The molecule has 1 saturated heterocycles. The second-order valence-corrected chi connectivity index (χ2v) is 5.93. The van der Waals surface area contributed by atoms with Gasteiger partial charge in [0.15, 0.2) is 5.69 Å². The molecule has 8 heteroatoms. The zero-order valence-electron chi connectivity index (χ0n) is 12.3. The highest BCUT2D eigenvalue weighted by molar-refractivity contribution is 6.99. The quantitative estimate of drug-likeness (QED) is 0.885. The van der Waals surface area contributed by atoms with Crippen molar-refractivity contribution in [3.8, 4) is 0 Å². The monoisotopic (exact) mass is 332 g/mol. The number of piperidine rings is 1. The molecule has 23 heavy (non-hydrogen) atoms. The average Bonchev–Trinajstić information content (AvgIpc) is 3.09. The predicted molar refractivity (Wildman–Crippen MR) is 85.4 cm³/mol. The van der Waals surface area contributed by atoms with Crippen molar-refractivity contribution in [2.75, 3.05) is 18.4 Å². The molecule has 0 spiro atoms. The molecule has 2 heterocycles. The van der Waals surface area contributed by atoms with Crippen molar-refractivity contribution >= 4 is 29.2 Å². The van der Waals surface area contributed by atoms with Crippen molar-refractivity contribution in [2.24, 2.45) is 0 Å². The molecule has 0 saturated carbocycles. The lowest BCUT2D eigenvalue weighted by Gasteiger charge is -2.30. The summed E-state index contributed by atoms with van der Waals surface area (Å²) in [6.07, 6.45) is 2.44. The summed E-state index contributed by atoms with van der Waals surface area (Å²) in [5, 5.41) is 12.4. The molecule has 1 aliphatic rings. The number of aliphatic hydroxyl groups excluding tert-OH is 1. The first-order valence-electron chi connectivity index (χ1n) is 7.30. The van der Waals surface area contributed by atoms with Crippen LogP contribution in [0.15, 0.2) is 30.5 Å². The van der Waals surface area contributed by atoms with Crippen molar-refractivity contribution in [2.45, 2.75) is 18.9 Å². The number of nitrogens with zero attached hydrogens (tertiary/aromatic N) is 3. The van der Waals surface area contributed by atoms with E-state index in [1.807, 2.05) is 0 Å². The molecule has 0 unspecified atom stereocenters. The Balaban J connectivity index is 1.72. The topological polar surface area (TPSA) is 95.4 Å². The number of benzene rings is 1. The van der Waals surface area contributed by atoms with Crippen LogP contribution in [-0.2, 0) is 0 Å². The molecule has 1 aromatic carbocycles. The van der Waals surface area contributed by atoms with Gasteiger partial charge in [0.2, 0.25) is 0 Å². The summed E-state index contributed by atoms with van der Waals surface area (Å²) in [7, 11) is 0. The predicted octanol–water partition coefficient (Wildman–Crippen LogP) is 1.39. The third-order valence-corrected chi connectivity index (χ3v) is 4.12. The van der Waals surface area contributed by atoms with Gasteiger partial charge in [-0.2, -0.15) is 8.75 Å². The summed E-state index contributed by atoms with van der Waals surface area (Å²) in [6.45, 7) is 0.983. The Hall–Kier alpha value is -2.32. The standard InChI is InChI=1S/C15H16N4O3S/c20-12-5-2-6-19(9-12)15(22)10-3-1-4-11(7-10)17-14(21)13-8-16-23-18-13/h1,3-4,7-8,12,20H,2,5-6,9H2,(H,17,21)/t12-/m0/s1. The molecule has 1 fully saturated rings. The van der Waals surface area contributed by atoms with Gasteiger partial charge in [-0.15, -0.1) is 0 Å². The Labute approximate surface area is 137 Å². The van der Waals surface area contributed by atoms with E-state index in [1.54, 1.807) is 29.2 Å². The Bertz CT molecular complexity index is 705. The number of carbonyl (C=O) groups is 2. The summed E-state index contributed by atoms with van der Waals surface area (Å²) < 4.78 is 7.65. The van der Waals surface area contributed by atoms with Crippen LogP contribution in [0.25, 0.3) is 0 Å². The number of β-amino-alcohol motifs (C(OH)–C–C–N with tert-alkyl or cyclic N) is 1. The Kier molecular flexibility index (Phi) is 4.63. The first kappa shape index (κ1) is 15.6. The lowest BCUT2D eigenvalue weighted by Crippen LogP contribution is -2.42. The fourth-order valence-electron chi connectivity index (χ4n) is 2.51. The number of rotatable bonds is 3. The van der Waals surface area contributed by atoms with Crippen molar-refractivity contribution in [1.82, 2.24) is 13.6 Å². The van der Waals surface area contributed by atoms with Gasteiger partial charge < -0.3 is 15.3 Å². The van der Waals surface area contributed by atoms with Gasteiger partial charge in [-0.3, -0.25) is 9.59 Å². The van der Waals surface area contributed by atoms with Gasteiger partial charge >= 0.3 is 0 Å². The summed E-state index contributed by atoms with van der Waals surface area (Å²) in [5.41, 5.74) is 1.24. The molecule has 0 radical (unpaired) electrons. The van der Waals surface area contributed by atoms with E-state index in [4.69, 9.17) is 0 Å². The van der Waals surface area contributed by atoms with Crippen molar-refractivity contribution in [1.29, 1.82) is 0 Å². The second kappa shape index (κ2) is 6.84. The maximum Gasteiger partial charge on any atom is 0.277 e. The van der Waals surface area contributed by atoms with Crippen molar-refractivity contribution in [3.05, 3.63) is 41.7 Å². The molecule has 0 bridgehead atoms. The van der Waals surface area contributed by atoms with Crippen LogP contribution < -0.4 is 5.32 Å². The molecular formula is C15H16N4O3S. The number of aliphatic hydroxyl groups is 1. The molecule has 120 valence electrons. The number of hydrogen-bond donors (Lipinski definition) is 2. The van der Waals surface area contributed by atoms with Crippen LogP contribution in [0, 0.1) is 0 Å². The number of aromatic nitrogens is 2. The summed E-state index contributed by atoms with van der Waals surface area (Å²) in [6, 6.07) is 6.74. The lowest BCUT2D eigenvalue weighted by molar-refractivity contribution is 0.0474. The van der Waals surface area contributed by atoms with Crippen LogP contribution in [0.1, 0.15) is 33.7 Å². The fraction of sp³-hybridized carbons (Fsp3) is 0.333. The van der Waals surface area contributed by atoms with Gasteiger partial charge in [-0.05, 0) is 31.0 Å². The third kappa shape index (κ3) is 3.72. The number of amides is 2. The van der Waals surface area contributed by atoms with Crippen LogP contribution in [0.4, 0.5) is 5.69 Å². The van der Waals surface area contributed by atoms with Gasteiger partial charge in [0, 0.05) is 24.3 Å². The molecule has 0 aliphatic carbocycles. The van der Waals surface area contributed by atoms with Gasteiger partial charge in [0.25, 0.3) is 11.8 Å². The minimum atomic E-state index is -0.465. The first-order chi connectivity index (χ1) is 11.1. The zero-order valence-corrected chi connectivity index (χ0v) is 13.1. The molecule has 2 aromatic rings. The highest BCUT2D eigenvalue weighted by Crippen LogP contribution is 2.17. The summed E-state index contributed by atoms with van der Waals surface area (Å²) in [5.74, 6) is -0.507. The van der Waals surface area contributed by atoms with Crippen LogP contribution in [0.3, 0.4) is 0 Å². The normalized spacial score (nSPS) is 17.8. The smallest absolute Gasteiger partial charge is 0.277 e. The molecule has 1 atom stereocenters. The molecule has 2 amide bonds. The zero-order chi connectivity index (χ0) is 16.2. The summed E-state index contributed by atoms with van der Waals surface area (Å²) in [4.78, 5) is 26.1. The molecule has 7 nitrogen and oxygen atoms in total. The maximum absolute atomic E-state index is 12.5. The van der Waals surface area contributed by atoms with Crippen LogP contribution in [0.5, 0.6) is 0 Å². The van der Waals surface area contributed by atoms with Gasteiger partial charge in [0.05, 0.1) is 24.0 Å². The van der Waals surface area contributed by atoms with E-state index in [2.05, 4.69) is 14.1 Å². The van der Waals surface area contributed by atoms with Crippen molar-refractivity contribution < 1.29 is 14.7 Å². The largest absolute Gasteiger partial charge is 0.391 e. The number of carbonyl (C=O) groups excluding carboxylic acids is 2. The van der Waals surface area contributed by atoms with E-state index in [0.717, 1.165) is 24.6 Å². The van der Waals surface area contributed by atoms with E-state index in [1.165, 1.54) is 6.20 Å². The van der Waals surface area contributed by atoms with Crippen molar-refractivity contribution in [3.63, 3.8) is 0 Å². The molecular weight excluding hydrogens is 316 g/mol. The Morgan fingerprint density at radius 3 is 3.00 bits per heavy atom.